The number of rotatable bonds is 8. The molecule has 7 nitrogen and oxygen atoms in total. The van der Waals surface area contributed by atoms with Crippen molar-refractivity contribution in [2.75, 3.05) is 13.2 Å². The van der Waals surface area contributed by atoms with Crippen LogP contribution in [0.25, 0.3) is 22.1 Å². The molecule has 0 radical (unpaired) electrons. The SMILES string of the molecule is Cc1c(OCC(=O)NCCCn2ccnc2)ccc2c(-c3ccccc3)cc(=O)oc12. The van der Waals surface area contributed by atoms with E-state index in [9.17, 15) is 9.59 Å². The number of nitrogens with one attached hydrogen (secondary N) is 1. The van der Waals surface area contributed by atoms with Gasteiger partial charge >= 0.3 is 5.63 Å². The van der Waals surface area contributed by atoms with Crippen LogP contribution in [0.2, 0.25) is 0 Å². The molecule has 2 heterocycles. The van der Waals surface area contributed by atoms with Crippen LogP contribution in [0.3, 0.4) is 0 Å². The Balaban J connectivity index is 1.43. The maximum atomic E-state index is 12.2. The number of imidazole rings is 1. The summed E-state index contributed by atoms with van der Waals surface area (Å²) in [6.07, 6.45) is 6.15. The van der Waals surface area contributed by atoms with Crippen LogP contribution in [-0.2, 0) is 11.3 Å². The third kappa shape index (κ3) is 4.83. The van der Waals surface area contributed by atoms with Crippen molar-refractivity contribution < 1.29 is 13.9 Å². The minimum absolute atomic E-state index is 0.111. The highest BCUT2D eigenvalue weighted by molar-refractivity contribution is 5.95. The number of hydrogen-bond donors (Lipinski definition) is 1. The number of benzene rings is 2. The lowest BCUT2D eigenvalue weighted by Crippen LogP contribution is -2.30. The Labute approximate surface area is 179 Å². The van der Waals surface area contributed by atoms with Crippen LogP contribution in [0, 0.1) is 6.92 Å². The van der Waals surface area contributed by atoms with Crippen molar-refractivity contribution in [3.05, 3.63) is 83.2 Å². The van der Waals surface area contributed by atoms with Crippen molar-refractivity contribution in [1.29, 1.82) is 0 Å². The lowest BCUT2D eigenvalue weighted by Gasteiger charge is -2.13. The summed E-state index contributed by atoms with van der Waals surface area (Å²) in [7, 11) is 0. The average Bonchev–Trinajstić information content (AvgIpc) is 3.30. The summed E-state index contributed by atoms with van der Waals surface area (Å²) in [5.74, 6) is 0.305. The number of nitrogens with zero attached hydrogens (tertiary/aromatic N) is 2. The highest BCUT2D eigenvalue weighted by atomic mass is 16.5. The molecule has 158 valence electrons. The van der Waals surface area contributed by atoms with Gasteiger partial charge in [0.2, 0.25) is 0 Å². The highest BCUT2D eigenvalue weighted by Gasteiger charge is 2.14. The predicted octanol–water partition coefficient (Wildman–Crippen LogP) is 3.55. The Hall–Kier alpha value is -3.87. The Morgan fingerprint density at radius 1 is 1.19 bits per heavy atom. The average molecular weight is 417 g/mol. The largest absolute Gasteiger partial charge is 0.483 e. The lowest BCUT2D eigenvalue weighted by atomic mass is 10.0. The van der Waals surface area contributed by atoms with Gasteiger partial charge in [0, 0.05) is 42.5 Å². The number of amides is 1. The second-order valence-electron chi connectivity index (χ2n) is 7.20. The molecule has 0 aliphatic heterocycles. The summed E-state index contributed by atoms with van der Waals surface area (Å²) < 4.78 is 13.1. The molecule has 1 N–H and O–H groups in total. The van der Waals surface area contributed by atoms with Crippen LogP contribution in [0.1, 0.15) is 12.0 Å². The van der Waals surface area contributed by atoms with Crippen LogP contribution in [0.5, 0.6) is 5.75 Å². The fraction of sp³-hybridized carbons (Fsp3) is 0.208. The summed E-state index contributed by atoms with van der Waals surface area (Å²) >= 11 is 0. The molecular formula is C24H23N3O4. The summed E-state index contributed by atoms with van der Waals surface area (Å²) in [6, 6.07) is 14.8. The summed E-state index contributed by atoms with van der Waals surface area (Å²) in [4.78, 5) is 28.3. The van der Waals surface area contributed by atoms with Crippen molar-refractivity contribution >= 4 is 16.9 Å². The van der Waals surface area contributed by atoms with Gasteiger partial charge in [-0.05, 0) is 36.6 Å². The molecule has 0 aliphatic carbocycles. The molecule has 4 rings (SSSR count). The summed E-state index contributed by atoms with van der Waals surface area (Å²) in [5, 5.41) is 3.66. The summed E-state index contributed by atoms with van der Waals surface area (Å²) in [5.41, 5.74) is 2.45. The monoisotopic (exact) mass is 417 g/mol. The number of ether oxygens (including phenoxy) is 1. The van der Waals surface area contributed by atoms with E-state index in [2.05, 4.69) is 10.3 Å². The van der Waals surface area contributed by atoms with E-state index in [1.807, 2.05) is 54.1 Å². The Morgan fingerprint density at radius 2 is 2.03 bits per heavy atom. The maximum absolute atomic E-state index is 12.2. The van der Waals surface area contributed by atoms with Crippen molar-refractivity contribution in [2.45, 2.75) is 19.9 Å². The smallest absolute Gasteiger partial charge is 0.336 e. The summed E-state index contributed by atoms with van der Waals surface area (Å²) in [6.45, 7) is 3.04. The molecule has 0 saturated heterocycles. The molecule has 0 fully saturated rings. The van der Waals surface area contributed by atoms with Gasteiger partial charge in [-0.2, -0.15) is 0 Å². The van der Waals surface area contributed by atoms with Crippen molar-refractivity contribution in [2.24, 2.45) is 0 Å². The second kappa shape index (κ2) is 9.30. The zero-order valence-corrected chi connectivity index (χ0v) is 17.2. The molecule has 0 atom stereocenters. The van der Waals surface area contributed by atoms with Gasteiger partial charge in [-0.3, -0.25) is 4.79 Å². The van der Waals surface area contributed by atoms with Crippen LogP contribution in [0.15, 0.2) is 76.5 Å². The van der Waals surface area contributed by atoms with E-state index < -0.39 is 5.63 Å². The van der Waals surface area contributed by atoms with Gasteiger partial charge in [0.15, 0.2) is 6.61 Å². The topological polar surface area (TPSA) is 86.4 Å². The first-order valence-corrected chi connectivity index (χ1v) is 10.1. The van der Waals surface area contributed by atoms with Gasteiger partial charge < -0.3 is 19.0 Å². The van der Waals surface area contributed by atoms with Crippen molar-refractivity contribution in [3.63, 3.8) is 0 Å². The fourth-order valence-electron chi connectivity index (χ4n) is 3.46. The first-order chi connectivity index (χ1) is 15.1. The molecule has 31 heavy (non-hydrogen) atoms. The van der Waals surface area contributed by atoms with E-state index in [1.165, 1.54) is 6.07 Å². The minimum Gasteiger partial charge on any atom is -0.483 e. The number of aromatic nitrogens is 2. The molecule has 1 amide bonds. The van der Waals surface area contributed by atoms with E-state index >= 15 is 0 Å². The number of hydrogen-bond acceptors (Lipinski definition) is 5. The second-order valence-corrected chi connectivity index (χ2v) is 7.20. The number of carbonyl (C=O) groups is 1. The first kappa shape index (κ1) is 20.4. The zero-order chi connectivity index (χ0) is 21.6. The van der Waals surface area contributed by atoms with Gasteiger partial charge in [-0.25, -0.2) is 9.78 Å². The van der Waals surface area contributed by atoms with E-state index in [-0.39, 0.29) is 12.5 Å². The van der Waals surface area contributed by atoms with Crippen molar-refractivity contribution in [1.82, 2.24) is 14.9 Å². The highest BCUT2D eigenvalue weighted by Crippen LogP contribution is 2.32. The lowest BCUT2D eigenvalue weighted by molar-refractivity contribution is -0.123. The van der Waals surface area contributed by atoms with Gasteiger partial charge in [-0.1, -0.05) is 30.3 Å². The zero-order valence-electron chi connectivity index (χ0n) is 17.2. The normalized spacial score (nSPS) is 10.9. The molecule has 0 unspecified atom stereocenters. The standard InChI is InChI=1S/C24H23N3O4/c1-17-21(30-15-22(28)26-10-5-12-27-13-11-25-16-27)9-8-19-20(14-23(29)31-24(17)19)18-6-3-2-4-7-18/h2-4,6-9,11,13-14,16H,5,10,12,15H2,1H3,(H,26,28). The van der Waals surface area contributed by atoms with Crippen LogP contribution in [0.4, 0.5) is 0 Å². The van der Waals surface area contributed by atoms with Gasteiger partial charge in [-0.15, -0.1) is 0 Å². The van der Waals surface area contributed by atoms with Crippen LogP contribution >= 0.6 is 0 Å². The first-order valence-electron chi connectivity index (χ1n) is 10.1. The van der Waals surface area contributed by atoms with E-state index in [0.29, 0.717) is 23.4 Å². The molecular weight excluding hydrogens is 394 g/mol. The van der Waals surface area contributed by atoms with Gasteiger partial charge in [0.05, 0.1) is 6.33 Å². The van der Waals surface area contributed by atoms with E-state index in [0.717, 1.165) is 29.5 Å². The Kier molecular flexibility index (Phi) is 6.12. The third-order valence-corrected chi connectivity index (χ3v) is 5.03. The molecule has 2 aromatic heterocycles. The molecule has 0 bridgehead atoms. The predicted molar refractivity (Wildman–Crippen MR) is 118 cm³/mol. The van der Waals surface area contributed by atoms with Gasteiger partial charge in [0.25, 0.3) is 5.91 Å². The quantitative estimate of drug-likeness (QED) is 0.350. The molecule has 7 heteroatoms. The third-order valence-electron chi connectivity index (χ3n) is 5.03. The molecule has 0 saturated carbocycles. The number of fused-ring (bicyclic) bond motifs is 1. The molecule has 0 spiro atoms. The van der Waals surface area contributed by atoms with Crippen molar-refractivity contribution in [3.8, 4) is 16.9 Å². The van der Waals surface area contributed by atoms with E-state index in [4.69, 9.17) is 9.15 Å². The number of carbonyl (C=O) groups excluding carboxylic acids is 1. The molecule has 2 aromatic carbocycles. The minimum atomic E-state index is -0.428. The Morgan fingerprint density at radius 3 is 2.81 bits per heavy atom. The number of aryl methyl sites for hydroxylation is 2. The fourth-order valence-corrected chi connectivity index (χ4v) is 3.46. The van der Waals surface area contributed by atoms with Crippen LogP contribution < -0.4 is 15.7 Å². The van der Waals surface area contributed by atoms with E-state index in [1.54, 1.807) is 18.6 Å². The molecule has 0 aliphatic rings. The maximum Gasteiger partial charge on any atom is 0.336 e. The van der Waals surface area contributed by atoms with Crippen LogP contribution in [-0.4, -0.2) is 28.6 Å². The van der Waals surface area contributed by atoms with Gasteiger partial charge in [0.1, 0.15) is 11.3 Å². The molecule has 4 aromatic rings. The Bertz CT molecular complexity index is 1230.